The van der Waals surface area contributed by atoms with Gasteiger partial charge >= 0.3 is 0 Å². The monoisotopic (exact) mass is 855 g/mol. The third-order valence-electron chi connectivity index (χ3n) is 14.1. The highest BCUT2D eigenvalue weighted by atomic mass is 16.3. The first-order valence-electron chi connectivity index (χ1n) is 22.2. The van der Waals surface area contributed by atoms with Gasteiger partial charge in [0.25, 0.3) is 5.91 Å². The van der Waals surface area contributed by atoms with Gasteiger partial charge in [-0.05, 0) is 114 Å². The van der Waals surface area contributed by atoms with Crippen LogP contribution in [0, 0.1) is 40.4 Å². The first-order valence-corrected chi connectivity index (χ1v) is 22.2. The molecule has 2 saturated heterocycles. The summed E-state index contributed by atoms with van der Waals surface area (Å²) in [5.74, 6) is -3.02. The van der Waals surface area contributed by atoms with Gasteiger partial charge in [0, 0.05) is 29.8 Å². The average Bonchev–Trinajstić information content (AvgIpc) is 3.83. The van der Waals surface area contributed by atoms with E-state index in [0.717, 1.165) is 30.5 Å². The van der Waals surface area contributed by atoms with Crippen molar-refractivity contribution in [3.05, 3.63) is 70.6 Å². The van der Waals surface area contributed by atoms with E-state index in [1.165, 1.54) is 0 Å². The molecule has 1 amide bonds. The van der Waals surface area contributed by atoms with Crippen molar-refractivity contribution in [1.82, 2.24) is 10.2 Å². The van der Waals surface area contributed by atoms with Crippen LogP contribution < -0.4 is 11.1 Å². The second kappa shape index (κ2) is 22.1. The molecule has 14 heteroatoms. The molecule has 4 rings (SSSR count). The second-order valence-electron chi connectivity index (χ2n) is 18.5. The Balaban J connectivity index is 1.28. The van der Waals surface area contributed by atoms with Gasteiger partial charge in [0.15, 0.2) is 11.7 Å². The number of nitrogens with zero attached hydrogens (tertiary/aromatic N) is 1. The van der Waals surface area contributed by atoms with Gasteiger partial charge in [0.05, 0.1) is 49.3 Å². The van der Waals surface area contributed by atoms with E-state index in [4.69, 9.17) is 11.1 Å². The minimum Gasteiger partial charge on any atom is -0.511 e. The normalized spacial score (nSPS) is 32.0. The SMILES string of the molecule is CC1=C[C@@H]2[C@H](O)[C@H](O)CC[C@@H]2[C@](C)(C(O)=C2C(=O)CNC2=O)[C@@H]1CC[C@H](C)[C@H](O)/C(C)=C/C[C@H](O)/C=C/[C@H](C)[C@H](O)/C=C/C[C@H](O)/C(C)=C/C[C@H](O)C[C@@H]1CCCN1C(=N)N. The molecule has 2 aliphatic carbocycles. The van der Waals surface area contributed by atoms with Crippen LogP contribution in [0.1, 0.15) is 106 Å². The lowest BCUT2D eigenvalue weighted by Gasteiger charge is -2.54. The predicted octanol–water partition coefficient (Wildman–Crippen LogP) is 3.61. The van der Waals surface area contributed by atoms with E-state index >= 15 is 0 Å². The fraction of sp³-hybridized carbons (Fsp3) is 0.681. The van der Waals surface area contributed by atoms with Crippen molar-refractivity contribution in [2.45, 2.75) is 155 Å². The molecule has 2 aliphatic heterocycles. The molecule has 0 unspecified atom stereocenters. The van der Waals surface area contributed by atoms with Crippen LogP contribution in [-0.4, -0.2) is 125 Å². The van der Waals surface area contributed by atoms with Crippen LogP contribution >= 0.6 is 0 Å². The fourth-order valence-electron chi connectivity index (χ4n) is 10.0. The van der Waals surface area contributed by atoms with Gasteiger partial charge in [-0.15, -0.1) is 0 Å². The van der Waals surface area contributed by atoms with Crippen molar-refractivity contribution < 1.29 is 50.4 Å². The van der Waals surface area contributed by atoms with Gasteiger partial charge in [0.2, 0.25) is 0 Å². The highest BCUT2D eigenvalue weighted by molar-refractivity contribution is 6.25. The van der Waals surface area contributed by atoms with Gasteiger partial charge in [-0.1, -0.05) is 68.9 Å². The number of carbonyl (C=O) groups excluding carboxylic acids is 2. The lowest BCUT2D eigenvalue weighted by molar-refractivity contribution is -0.118. The maximum atomic E-state index is 12.8. The molecule has 4 aliphatic rings. The summed E-state index contributed by atoms with van der Waals surface area (Å²) in [5.41, 5.74) is 6.61. The molecule has 0 bridgehead atoms. The molecule has 12 N–H and O–H groups in total. The van der Waals surface area contributed by atoms with Crippen molar-refractivity contribution in [1.29, 1.82) is 5.41 Å². The van der Waals surface area contributed by atoms with Crippen molar-refractivity contribution in [3.63, 3.8) is 0 Å². The smallest absolute Gasteiger partial charge is 0.258 e. The predicted molar refractivity (Wildman–Crippen MR) is 235 cm³/mol. The number of likely N-dealkylation sites (tertiary alicyclic amines) is 1. The van der Waals surface area contributed by atoms with Crippen molar-refractivity contribution >= 4 is 17.6 Å². The van der Waals surface area contributed by atoms with E-state index in [9.17, 15) is 50.4 Å². The number of amides is 1. The highest BCUT2D eigenvalue weighted by Gasteiger charge is 2.56. The molecule has 2 heterocycles. The molecule has 0 aromatic rings. The number of rotatable bonds is 19. The molecule has 14 nitrogen and oxygen atoms in total. The van der Waals surface area contributed by atoms with Crippen LogP contribution in [0.4, 0.5) is 0 Å². The maximum absolute atomic E-state index is 12.8. The molecule has 0 aromatic carbocycles. The molecule has 342 valence electrons. The standard InChI is InChI=1S/C47H74N4O10/c1-26(37(54)10-7-11-38(55)27(2)13-18-33(53)24-31-9-8-22-51(31)46(48)49)12-16-32(52)17-14-28(3)42(58)29(4)15-19-35-30(5)23-34-36(20-21-39(56)43(34)59)47(35,6)44(60)41-40(57)25-50-45(41)61/h7,10,12-14,16,23,26,29,31-39,42-43,52-56,58-60H,8-9,11,15,17-22,24-25H2,1-6H3,(H3,48,49)(H,50,61)/b10-7+,16-12+,27-13+,28-14+,44-41?/t26-,29-,31-,32+,33-,34-,35+,36-,37+,38-,39+,42+,43-,47+/m0/s1. The van der Waals surface area contributed by atoms with Crippen molar-refractivity contribution in [2.75, 3.05) is 13.1 Å². The quantitative estimate of drug-likeness (QED) is 0.0223. The second-order valence-corrected chi connectivity index (χ2v) is 18.5. The van der Waals surface area contributed by atoms with E-state index in [0.29, 0.717) is 44.1 Å². The zero-order valence-electron chi connectivity index (χ0n) is 37.0. The van der Waals surface area contributed by atoms with Gasteiger partial charge in [0.1, 0.15) is 11.3 Å². The Morgan fingerprint density at radius 3 is 2.34 bits per heavy atom. The Bertz CT molecular complexity index is 1720. The Morgan fingerprint density at radius 2 is 1.69 bits per heavy atom. The number of hydrogen-bond acceptors (Lipinski definition) is 11. The summed E-state index contributed by atoms with van der Waals surface area (Å²) in [7, 11) is 0. The number of nitrogens with two attached hydrogens (primary N) is 1. The molecule has 61 heavy (non-hydrogen) atoms. The van der Waals surface area contributed by atoms with Crippen LogP contribution in [-0.2, 0) is 9.59 Å². The molecule has 1 saturated carbocycles. The zero-order chi connectivity index (χ0) is 45.3. The van der Waals surface area contributed by atoms with E-state index in [1.807, 2.05) is 44.7 Å². The highest BCUT2D eigenvalue weighted by Crippen LogP contribution is 2.58. The first-order chi connectivity index (χ1) is 28.7. The number of nitrogens with one attached hydrogen (secondary N) is 2. The number of fused-ring (bicyclic) bond motifs is 1. The zero-order valence-corrected chi connectivity index (χ0v) is 37.0. The number of allylic oxidation sites excluding steroid dienone is 2. The van der Waals surface area contributed by atoms with E-state index in [1.54, 1.807) is 44.2 Å². The topological polar surface area (TPSA) is 261 Å². The number of Topliss-reactive ketones (excluding diaryl/α,β-unsaturated/α-hetero) is 1. The van der Waals surface area contributed by atoms with E-state index in [2.05, 4.69) is 5.32 Å². The molecule has 0 aromatic heterocycles. The summed E-state index contributed by atoms with van der Waals surface area (Å²) < 4.78 is 0. The van der Waals surface area contributed by atoms with Crippen LogP contribution in [0.5, 0.6) is 0 Å². The van der Waals surface area contributed by atoms with Gasteiger partial charge < -0.3 is 56.8 Å². The Morgan fingerprint density at radius 1 is 1.00 bits per heavy atom. The largest absolute Gasteiger partial charge is 0.511 e. The lowest BCUT2D eigenvalue weighted by atomic mass is 9.51. The molecule has 0 radical (unpaired) electrons. The average molecular weight is 855 g/mol. The summed E-state index contributed by atoms with van der Waals surface area (Å²) in [6, 6.07) is 0.0491. The molecular weight excluding hydrogens is 781 g/mol. The molecule has 3 fully saturated rings. The van der Waals surface area contributed by atoms with Crippen molar-refractivity contribution in [3.8, 4) is 0 Å². The molecule has 14 atom stereocenters. The minimum atomic E-state index is -1.08. The Hall–Kier alpha value is -3.63. The number of aliphatic hydroxyl groups is 8. The third kappa shape index (κ3) is 12.3. The Kier molecular flexibility index (Phi) is 18.1. The first kappa shape index (κ1) is 50.0. The van der Waals surface area contributed by atoms with Gasteiger partial charge in [-0.2, -0.15) is 0 Å². The van der Waals surface area contributed by atoms with E-state index in [-0.39, 0.29) is 66.4 Å². The molecule has 0 spiro atoms. The number of carbonyl (C=O) groups is 2. The van der Waals surface area contributed by atoms with Crippen molar-refractivity contribution in [2.24, 2.45) is 40.7 Å². The summed E-state index contributed by atoms with van der Waals surface area (Å²) in [5, 5.41) is 97.4. The van der Waals surface area contributed by atoms with Crippen LogP contribution in [0.15, 0.2) is 70.6 Å². The number of aliphatic hydroxyl groups excluding tert-OH is 8. The molecular formula is C47H74N4O10. The van der Waals surface area contributed by atoms with Gasteiger partial charge in [-0.3, -0.25) is 15.0 Å². The van der Waals surface area contributed by atoms with Crippen LogP contribution in [0.25, 0.3) is 0 Å². The summed E-state index contributed by atoms with van der Waals surface area (Å²) in [4.78, 5) is 27.3. The van der Waals surface area contributed by atoms with Crippen LogP contribution in [0.2, 0.25) is 0 Å². The van der Waals surface area contributed by atoms with Gasteiger partial charge in [-0.25, -0.2) is 0 Å². The lowest BCUT2D eigenvalue weighted by Crippen LogP contribution is -2.53. The number of hydrogen-bond donors (Lipinski definition) is 11. The summed E-state index contributed by atoms with van der Waals surface area (Å²) >= 11 is 0. The third-order valence-corrected chi connectivity index (χ3v) is 14.1. The van der Waals surface area contributed by atoms with Crippen LogP contribution in [0.3, 0.4) is 0 Å². The number of ketones is 1. The summed E-state index contributed by atoms with van der Waals surface area (Å²) in [6.07, 6.45) is 11.4. The number of guanidine groups is 1. The summed E-state index contributed by atoms with van der Waals surface area (Å²) in [6.45, 7) is 11.6. The fourth-order valence-corrected chi connectivity index (χ4v) is 10.0. The maximum Gasteiger partial charge on any atom is 0.258 e. The van der Waals surface area contributed by atoms with E-state index < -0.39 is 65.8 Å². The minimum absolute atomic E-state index is 0.0283. The Labute approximate surface area is 361 Å².